The second kappa shape index (κ2) is 4.49. The van der Waals surface area contributed by atoms with E-state index in [9.17, 15) is 0 Å². The molecule has 1 heteroatoms. The van der Waals surface area contributed by atoms with E-state index in [1.54, 1.807) is 0 Å². The summed E-state index contributed by atoms with van der Waals surface area (Å²) < 4.78 is 5.71. The van der Waals surface area contributed by atoms with Crippen molar-refractivity contribution in [1.29, 1.82) is 0 Å². The molecule has 0 N–H and O–H groups in total. The van der Waals surface area contributed by atoms with Crippen LogP contribution in [0.15, 0.2) is 36.4 Å². The Morgan fingerprint density at radius 2 is 1.94 bits per heavy atom. The van der Waals surface area contributed by atoms with Gasteiger partial charge in [-0.05, 0) is 41.7 Å². The van der Waals surface area contributed by atoms with Crippen molar-refractivity contribution in [1.82, 2.24) is 0 Å². The first-order valence-electron chi connectivity index (χ1n) is 6.49. The van der Waals surface area contributed by atoms with Crippen LogP contribution in [0.25, 0.3) is 11.1 Å². The number of benzene rings is 2. The highest BCUT2D eigenvalue weighted by molar-refractivity contribution is 5.76. The van der Waals surface area contributed by atoms with E-state index in [0.29, 0.717) is 0 Å². The first-order valence-corrected chi connectivity index (χ1v) is 6.49. The summed E-state index contributed by atoms with van der Waals surface area (Å²) in [6.07, 6.45) is 1.98. The Kier molecular flexibility index (Phi) is 2.83. The van der Waals surface area contributed by atoms with Crippen molar-refractivity contribution in [2.75, 3.05) is 0 Å². The zero-order valence-electron chi connectivity index (χ0n) is 10.9. The van der Waals surface area contributed by atoms with Gasteiger partial charge < -0.3 is 4.74 Å². The van der Waals surface area contributed by atoms with E-state index in [2.05, 4.69) is 50.2 Å². The van der Waals surface area contributed by atoms with Gasteiger partial charge in [0.25, 0.3) is 0 Å². The fourth-order valence-corrected chi connectivity index (χ4v) is 2.54. The molecule has 1 heterocycles. The maximum absolute atomic E-state index is 5.71. The minimum atomic E-state index is 0.919. The molecular formula is C17H17O. The van der Waals surface area contributed by atoms with Gasteiger partial charge in [0.15, 0.2) is 0 Å². The van der Waals surface area contributed by atoms with Crippen molar-refractivity contribution in [2.24, 2.45) is 0 Å². The third-order valence-electron chi connectivity index (χ3n) is 3.57. The third-order valence-corrected chi connectivity index (χ3v) is 3.57. The Morgan fingerprint density at radius 3 is 2.72 bits per heavy atom. The minimum absolute atomic E-state index is 0.919. The lowest BCUT2D eigenvalue weighted by molar-refractivity contribution is 0.436. The van der Waals surface area contributed by atoms with Gasteiger partial charge in [-0.2, -0.15) is 0 Å². The van der Waals surface area contributed by atoms with Gasteiger partial charge in [-0.15, -0.1) is 0 Å². The van der Waals surface area contributed by atoms with E-state index in [1.165, 1.54) is 27.8 Å². The predicted octanol–water partition coefficient (Wildman–Crippen LogP) is 4.32. The molecule has 3 rings (SSSR count). The van der Waals surface area contributed by atoms with E-state index >= 15 is 0 Å². The number of hydrogen-bond donors (Lipinski definition) is 0. The molecule has 1 aliphatic rings. The molecule has 2 aromatic carbocycles. The van der Waals surface area contributed by atoms with Crippen molar-refractivity contribution in [3.63, 3.8) is 0 Å². The molecule has 0 amide bonds. The molecule has 18 heavy (non-hydrogen) atoms. The van der Waals surface area contributed by atoms with Crippen LogP contribution in [0.1, 0.15) is 23.6 Å². The van der Waals surface area contributed by atoms with Gasteiger partial charge in [-0.25, -0.2) is 0 Å². The number of aryl methyl sites for hydroxylation is 2. The SMILES string of the molecule is CCc1cc2c(c(-c3ccccc3C)c1)O[CH]C2. The molecule has 1 aliphatic heterocycles. The van der Waals surface area contributed by atoms with Crippen LogP contribution in [0.5, 0.6) is 5.75 Å². The summed E-state index contributed by atoms with van der Waals surface area (Å²) in [5.74, 6) is 1.04. The summed E-state index contributed by atoms with van der Waals surface area (Å²) >= 11 is 0. The predicted molar refractivity (Wildman–Crippen MR) is 74.6 cm³/mol. The largest absolute Gasteiger partial charge is 0.485 e. The van der Waals surface area contributed by atoms with Gasteiger partial charge in [0.2, 0.25) is 0 Å². The van der Waals surface area contributed by atoms with Crippen LogP contribution in [-0.2, 0) is 12.8 Å². The summed E-state index contributed by atoms with van der Waals surface area (Å²) in [5.41, 5.74) is 6.50. The molecule has 0 saturated heterocycles. The monoisotopic (exact) mass is 237 g/mol. The summed E-state index contributed by atoms with van der Waals surface area (Å²) in [6, 6.07) is 13.0. The van der Waals surface area contributed by atoms with E-state index < -0.39 is 0 Å². The van der Waals surface area contributed by atoms with Crippen LogP contribution in [0.3, 0.4) is 0 Å². The molecule has 0 aromatic heterocycles. The van der Waals surface area contributed by atoms with Crippen LogP contribution in [0.2, 0.25) is 0 Å². The van der Waals surface area contributed by atoms with Gasteiger partial charge in [-0.1, -0.05) is 37.3 Å². The van der Waals surface area contributed by atoms with Crippen molar-refractivity contribution in [3.05, 3.63) is 59.7 Å². The Bertz CT molecular complexity index is 584. The van der Waals surface area contributed by atoms with Gasteiger partial charge in [0.05, 0.1) is 0 Å². The molecule has 0 saturated carbocycles. The van der Waals surface area contributed by atoms with Crippen LogP contribution < -0.4 is 4.74 Å². The molecule has 1 radical (unpaired) electrons. The number of hydrogen-bond acceptors (Lipinski definition) is 1. The summed E-state index contributed by atoms with van der Waals surface area (Å²) in [4.78, 5) is 0. The van der Waals surface area contributed by atoms with Crippen LogP contribution in [0, 0.1) is 13.5 Å². The maximum atomic E-state index is 5.71. The fourth-order valence-electron chi connectivity index (χ4n) is 2.54. The van der Waals surface area contributed by atoms with Crippen LogP contribution in [0.4, 0.5) is 0 Å². The second-order valence-corrected chi connectivity index (χ2v) is 4.79. The number of fused-ring (bicyclic) bond motifs is 1. The molecular weight excluding hydrogens is 220 g/mol. The van der Waals surface area contributed by atoms with Gasteiger partial charge >= 0.3 is 0 Å². The smallest absolute Gasteiger partial charge is 0.140 e. The number of rotatable bonds is 2. The number of ether oxygens (including phenoxy) is 1. The normalized spacial score (nSPS) is 13.2. The molecule has 0 aliphatic carbocycles. The average molecular weight is 237 g/mol. The molecule has 1 nitrogen and oxygen atoms in total. The van der Waals surface area contributed by atoms with E-state index in [1.807, 2.05) is 6.61 Å². The van der Waals surface area contributed by atoms with E-state index in [0.717, 1.165) is 18.6 Å². The summed E-state index contributed by atoms with van der Waals surface area (Å²) in [6.45, 7) is 6.24. The Morgan fingerprint density at radius 1 is 1.11 bits per heavy atom. The Labute approximate surface area is 108 Å². The standard InChI is InChI=1S/C17H17O/c1-3-13-10-14-8-9-18-17(14)16(11-13)15-7-5-4-6-12(15)2/h4-7,9-11H,3,8H2,1-2H3. The molecule has 91 valence electrons. The van der Waals surface area contributed by atoms with Crippen molar-refractivity contribution >= 4 is 0 Å². The molecule has 0 unspecified atom stereocenters. The highest BCUT2D eigenvalue weighted by atomic mass is 16.5. The van der Waals surface area contributed by atoms with Gasteiger partial charge in [0.1, 0.15) is 12.4 Å². The van der Waals surface area contributed by atoms with Crippen LogP contribution in [-0.4, -0.2) is 0 Å². The first-order chi connectivity index (χ1) is 8.79. The maximum Gasteiger partial charge on any atom is 0.140 e. The van der Waals surface area contributed by atoms with Crippen molar-refractivity contribution in [2.45, 2.75) is 26.7 Å². The average Bonchev–Trinajstić information content (AvgIpc) is 2.86. The quantitative estimate of drug-likeness (QED) is 0.755. The fraction of sp³-hybridized carbons (Fsp3) is 0.235. The van der Waals surface area contributed by atoms with Crippen LogP contribution >= 0.6 is 0 Å². The lowest BCUT2D eigenvalue weighted by Gasteiger charge is -2.12. The summed E-state index contributed by atoms with van der Waals surface area (Å²) in [5, 5.41) is 0. The second-order valence-electron chi connectivity index (χ2n) is 4.79. The Hall–Kier alpha value is -1.76. The molecule has 0 spiro atoms. The molecule has 2 aromatic rings. The highest BCUT2D eigenvalue weighted by Gasteiger charge is 2.19. The van der Waals surface area contributed by atoms with Gasteiger partial charge in [0, 0.05) is 12.0 Å². The summed E-state index contributed by atoms with van der Waals surface area (Å²) in [7, 11) is 0. The molecule has 0 bridgehead atoms. The molecule has 0 atom stereocenters. The highest BCUT2D eigenvalue weighted by Crippen LogP contribution is 2.40. The lowest BCUT2D eigenvalue weighted by Crippen LogP contribution is -1.91. The van der Waals surface area contributed by atoms with Crippen molar-refractivity contribution < 1.29 is 4.74 Å². The topological polar surface area (TPSA) is 9.23 Å². The zero-order chi connectivity index (χ0) is 12.5. The van der Waals surface area contributed by atoms with Gasteiger partial charge in [-0.3, -0.25) is 0 Å². The zero-order valence-corrected chi connectivity index (χ0v) is 10.9. The lowest BCUT2D eigenvalue weighted by atomic mass is 9.94. The van der Waals surface area contributed by atoms with Crippen molar-refractivity contribution in [3.8, 4) is 16.9 Å². The minimum Gasteiger partial charge on any atom is -0.485 e. The first kappa shape index (κ1) is 11.3. The Balaban J connectivity index is 2.23. The van der Waals surface area contributed by atoms with E-state index in [-0.39, 0.29) is 0 Å². The molecule has 0 fully saturated rings. The third kappa shape index (κ3) is 1.80. The van der Waals surface area contributed by atoms with E-state index in [4.69, 9.17) is 4.74 Å².